The van der Waals surface area contributed by atoms with Crippen LogP contribution in [0.15, 0.2) is 6.20 Å². The summed E-state index contributed by atoms with van der Waals surface area (Å²) in [5, 5.41) is 8.53. The van der Waals surface area contributed by atoms with E-state index in [1.165, 1.54) is 6.20 Å². The maximum absolute atomic E-state index is 10.4. The van der Waals surface area contributed by atoms with Crippen LogP contribution in [-0.2, 0) is 6.42 Å². The predicted octanol–water partition coefficient (Wildman–Crippen LogP) is 0.843. The number of carboxylic acid groups (broad SMARTS) is 1. The lowest BCUT2D eigenvalue weighted by Gasteiger charge is -1.91. The van der Waals surface area contributed by atoms with Crippen molar-refractivity contribution in [1.29, 1.82) is 0 Å². The number of aromatic carboxylic acids is 1. The Bertz CT molecular complexity index is 278. The molecule has 14 heavy (non-hydrogen) atoms. The lowest BCUT2D eigenvalue weighted by molar-refractivity contribution is 0.0691. The highest BCUT2D eigenvalue weighted by Crippen LogP contribution is 1.99. The number of aryl methyl sites for hydroxylation is 1. The Hall–Kier alpha value is -0.780. The summed E-state index contributed by atoms with van der Waals surface area (Å²) >= 11 is 0. The second kappa shape index (κ2) is 7.61. The first-order chi connectivity index (χ1) is 5.74. The molecule has 1 heterocycles. The molecule has 0 radical (unpaired) electrons. The number of nitrogens with one attached hydrogen (secondary N) is 1. The molecule has 82 valence electrons. The minimum atomic E-state index is -0.985. The molecule has 7 heteroatoms. The average molecular weight is 242 g/mol. The first-order valence-corrected chi connectivity index (χ1v) is 3.71. The molecule has 1 rings (SSSR count). The van der Waals surface area contributed by atoms with E-state index in [2.05, 4.69) is 9.97 Å². The molecule has 1 aromatic rings. The fourth-order valence-corrected chi connectivity index (χ4v) is 0.868. The highest BCUT2D eigenvalue weighted by atomic mass is 35.5. The van der Waals surface area contributed by atoms with Crippen LogP contribution in [0.25, 0.3) is 0 Å². The zero-order chi connectivity index (χ0) is 8.97. The molecule has 0 saturated carbocycles. The summed E-state index contributed by atoms with van der Waals surface area (Å²) in [7, 11) is 0. The fourth-order valence-electron chi connectivity index (χ4n) is 0.868. The second-order valence-corrected chi connectivity index (χ2v) is 2.44. The lowest BCUT2D eigenvalue weighted by Crippen LogP contribution is -2.02. The maximum atomic E-state index is 10.4. The molecule has 0 saturated heterocycles. The van der Waals surface area contributed by atoms with Gasteiger partial charge < -0.3 is 15.8 Å². The number of aromatic amines is 1. The molecule has 1 aromatic heterocycles. The molecule has 0 aliphatic rings. The number of halogens is 2. The first kappa shape index (κ1) is 15.7. The van der Waals surface area contributed by atoms with Crippen molar-refractivity contribution in [2.45, 2.75) is 12.8 Å². The molecule has 5 nitrogen and oxygen atoms in total. The Kier molecular flexibility index (Phi) is 8.52. The number of rotatable bonds is 4. The van der Waals surface area contributed by atoms with E-state index in [9.17, 15) is 4.79 Å². The van der Waals surface area contributed by atoms with Crippen molar-refractivity contribution in [3.05, 3.63) is 17.7 Å². The Morgan fingerprint density at radius 3 is 2.64 bits per heavy atom. The van der Waals surface area contributed by atoms with Crippen molar-refractivity contribution in [2.24, 2.45) is 5.73 Å². The maximum Gasteiger partial charge on any atom is 0.353 e. The van der Waals surface area contributed by atoms with Crippen LogP contribution in [0.3, 0.4) is 0 Å². The molecule has 0 aromatic carbocycles. The van der Waals surface area contributed by atoms with E-state index in [1.54, 1.807) is 0 Å². The summed E-state index contributed by atoms with van der Waals surface area (Å²) in [5.41, 5.74) is 5.41. The smallest absolute Gasteiger partial charge is 0.353 e. The third kappa shape index (κ3) is 4.45. The van der Waals surface area contributed by atoms with E-state index in [0.29, 0.717) is 18.8 Å². The molecule has 0 atom stereocenters. The van der Waals surface area contributed by atoms with Crippen molar-refractivity contribution in [3.63, 3.8) is 0 Å². The lowest BCUT2D eigenvalue weighted by atomic mass is 10.3. The summed E-state index contributed by atoms with van der Waals surface area (Å²) in [6.45, 7) is 0.586. The number of H-pyrrole nitrogens is 1. The number of hydrogen-bond donors (Lipinski definition) is 3. The SMILES string of the molecule is Cl.Cl.NCCCc1ncc(C(=O)O)[nH]1. The van der Waals surface area contributed by atoms with Gasteiger partial charge >= 0.3 is 5.97 Å². The zero-order valence-electron chi connectivity index (χ0n) is 7.40. The summed E-state index contributed by atoms with van der Waals surface area (Å²) < 4.78 is 0. The minimum Gasteiger partial charge on any atom is -0.477 e. The zero-order valence-corrected chi connectivity index (χ0v) is 9.03. The van der Waals surface area contributed by atoms with E-state index < -0.39 is 5.97 Å². The molecule has 0 amide bonds. The quantitative estimate of drug-likeness (QED) is 0.729. The van der Waals surface area contributed by atoms with Gasteiger partial charge in [-0.25, -0.2) is 9.78 Å². The summed E-state index contributed by atoms with van der Waals surface area (Å²) in [6, 6.07) is 0. The average Bonchev–Trinajstić information content (AvgIpc) is 2.48. The van der Waals surface area contributed by atoms with Crippen molar-refractivity contribution in [3.8, 4) is 0 Å². The Morgan fingerprint density at radius 1 is 1.57 bits per heavy atom. The highest BCUT2D eigenvalue weighted by molar-refractivity contribution is 5.85. The third-order valence-electron chi connectivity index (χ3n) is 1.48. The summed E-state index contributed by atoms with van der Waals surface area (Å²) in [5.74, 6) is -0.306. The van der Waals surface area contributed by atoms with Crippen molar-refractivity contribution < 1.29 is 9.90 Å². The van der Waals surface area contributed by atoms with Gasteiger partial charge in [-0.2, -0.15) is 0 Å². The van der Waals surface area contributed by atoms with Gasteiger partial charge in [0.25, 0.3) is 0 Å². The van der Waals surface area contributed by atoms with Gasteiger partial charge in [0.1, 0.15) is 11.5 Å². The molecule has 0 aliphatic carbocycles. The van der Waals surface area contributed by atoms with Gasteiger partial charge in [-0.3, -0.25) is 0 Å². The monoisotopic (exact) mass is 241 g/mol. The molecule has 0 fully saturated rings. The number of imidazole rings is 1. The number of nitrogens with two attached hydrogens (primary N) is 1. The standard InChI is InChI=1S/C7H11N3O2.2ClH/c8-3-1-2-6-9-4-5(10-6)7(11)12;;/h4H,1-3,8H2,(H,9,10)(H,11,12);2*1H. The molecule has 0 spiro atoms. The molecule has 0 bridgehead atoms. The molecular weight excluding hydrogens is 229 g/mol. The van der Waals surface area contributed by atoms with Gasteiger partial charge in [0.2, 0.25) is 0 Å². The number of nitrogens with zero attached hydrogens (tertiary/aromatic N) is 1. The van der Waals surface area contributed by atoms with Gasteiger partial charge in [0, 0.05) is 6.42 Å². The van der Waals surface area contributed by atoms with Crippen molar-refractivity contribution >= 4 is 30.8 Å². The fraction of sp³-hybridized carbons (Fsp3) is 0.429. The van der Waals surface area contributed by atoms with Gasteiger partial charge in [-0.15, -0.1) is 24.8 Å². The van der Waals surface area contributed by atoms with Crippen LogP contribution in [-0.4, -0.2) is 27.6 Å². The number of carbonyl (C=O) groups is 1. The number of aromatic nitrogens is 2. The van der Waals surface area contributed by atoms with Gasteiger partial charge in [-0.05, 0) is 13.0 Å². The Labute approximate surface area is 93.9 Å². The molecule has 0 aliphatic heterocycles. The second-order valence-electron chi connectivity index (χ2n) is 2.44. The first-order valence-electron chi connectivity index (χ1n) is 3.71. The van der Waals surface area contributed by atoms with Crippen LogP contribution in [0.5, 0.6) is 0 Å². The van der Waals surface area contributed by atoms with Crippen LogP contribution >= 0.6 is 24.8 Å². The number of carboxylic acids is 1. The minimum absolute atomic E-state index is 0. The number of hydrogen-bond acceptors (Lipinski definition) is 3. The topological polar surface area (TPSA) is 92.0 Å². The van der Waals surface area contributed by atoms with Crippen molar-refractivity contribution in [1.82, 2.24) is 9.97 Å². The van der Waals surface area contributed by atoms with E-state index in [0.717, 1.165) is 6.42 Å². The Morgan fingerprint density at radius 2 is 2.21 bits per heavy atom. The van der Waals surface area contributed by atoms with E-state index in [1.807, 2.05) is 0 Å². The van der Waals surface area contributed by atoms with Crippen LogP contribution in [0.4, 0.5) is 0 Å². The third-order valence-corrected chi connectivity index (χ3v) is 1.48. The molecule has 4 N–H and O–H groups in total. The van der Waals surface area contributed by atoms with E-state index >= 15 is 0 Å². The Balaban J connectivity index is 0. The van der Waals surface area contributed by atoms with E-state index in [-0.39, 0.29) is 30.5 Å². The normalized spacial score (nSPS) is 8.64. The summed E-state index contributed by atoms with van der Waals surface area (Å²) in [4.78, 5) is 17.0. The van der Waals surface area contributed by atoms with Crippen molar-refractivity contribution in [2.75, 3.05) is 6.54 Å². The molecule has 0 unspecified atom stereocenters. The largest absolute Gasteiger partial charge is 0.477 e. The van der Waals surface area contributed by atoms with Gasteiger partial charge in [0.15, 0.2) is 0 Å². The van der Waals surface area contributed by atoms with Gasteiger partial charge in [-0.1, -0.05) is 0 Å². The van der Waals surface area contributed by atoms with Crippen LogP contribution in [0.2, 0.25) is 0 Å². The summed E-state index contributed by atoms with van der Waals surface area (Å²) in [6.07, 6.45) is 2.82. The van der Waals surface area contributed by atoms with Crippen LogP contribution in [0.1, 0.15) is 22.7 Å². The predicted molar refractivity (Wildman–Crippen MR) is 57.4 cm³/mol. The van der Waals surface area contributed by atoms with Crippen LogP contribution < -0.4 is 5.73 Å². The van der Waals surface area contributed by atoms with E-state index in [4.69, 9.17) is 10.8 Å². The van der Waals surface area contributed by atoms with Crippen LogP contribution in [0, 0.1) is 0 Å². The highest BCUT2D eigenvalue weighted by Gasteiger charge is 2.05. The molecular formula is C7H13Cl2N3O2. The van der Waals surface area contributed by atoms with Gasteiger partial charge in [0.05, 0.1) is 6.20 Å².